The average molecular weight is 604 g/mol. The molecule has 4 aromatic rings. The van der Waals surface area contributed by atoms with Crippen LogP contribution in [0.1, 0.15) is 15.9 Å². The van der Waals surface area contributed by atoms with Crippen molar-refractivity contribution in [1.82, 2.24) is 44.7 Å². The van der Waals surface area contributed by atoms with E-state index in [1.54, 1.807) is 40.0 Å². The van der Waals surface area contributed by atoms with Gasteiger partial charge >= 0.3 is 5.69 Å². The van der Waals surface area contributed by atoms with Gasteiger partial charge in [0.25, 0.3) is 11.5 Å². The number of fused-ring (bicyclic) bond motifs is 1. The summed E-state index contributed by atoms with van der Waals surface area (Å²) in [4.78, 5) is 91.3. The van der Waals surface area contributed by atoms with Crippen LogP contribution in [0, 0.1) is 6.92 Å². The van der Waals surface area contributed by atoms with E-state index in [2.05, 4.69) is 35.9 Å². The third-order valence-electron chi connectivity index (χ3n) is 6.79. The van der Waals surface area contributed by atoms with Gasteiger partial charge in [-0.3, -0.25) is 38.5 Å². The van der Waals surface area contributed by atoms with Crippen LogP contribution in [-0.2, 0) is 20.9 Å². The number of rotatable bonds is 5. The summed E-state index contributed by atoms with van der Waals surface area (Å²) < 4.78 is 2.60. The zero-order chi connectivity index (χ0) is 31.2. The molecule has 4 N–H and O–H groups in total. The van der Waals surface area contributed by atoms with Crippen molar-refractivity contribution in [2.75, 3.05) is 49.6 Å². The molecular weight excluding hydrogens is 574 g/mol. The molecule has 4 heterocycles. The highest BCUT2D eigenvalue weighted by atomic mass is 16.2. The number of hydrogen-bond acceptors (Lipinski definition) is 10. The van der Waals surface area contributed by atoms with Crippen molar-refractivity contribution in [3.8, 4) is 0 Å². The molecule has 0 unspecified atom stereocenters. The molecule has 1 aliphatic rings. The van der Waals surface area contributed by atoms with Crippen molar-refractivity contribution in [2.45, 2.75) is 13.5 Å². The van der Waals surface area contributed by atoms with E-state index in [0.717, 1.165) is 4.57 Å². The summed E-state index contributed by atoms with van der Waals surface area (Å²) in [5.41, 5.74) is 0.0369. The van der Waals surface area contributed by atoms with Gasteiger partial charge in [-0.25, -0.2) is 24.4 Å². The van der Waals surface area contributed by atoms with E-state index in [0.29, 0.717) is 16.7 Å². The Balaban J connectivity index is 1.28. The molecule has 3 aromatic heterocycles. The number of amides is 4. The molecular formula is C27H29N11O6. The number of nitrogens with one attached hydrogen (secondary N) is 4. The lowest BCUT2D eigenvalue weighted by Crippen LogP contribution is -2.51. The molecule has 1 aliphatic heterocycles. The first-order valence-corrected chi connectivity index (χ1v) is 13.6. The Labute approximate surface area is 248 Å². The number of H-pyrrole nitrogens is 1. The fourth-order valence-corrected chi connectivity index (χ4v) is 4.53. The number of aryl methyl sites for hydroxylation is 1. The van der Waals surface area contributed by atoms with E-state index >= 15 is 0 Å². The molecule has 1 saturated heterocycles. The summed E-state index contributed by atoms with van der Waals surface area (Å²) in [6.07, 6.45) is 3.99. The highest BCUT2D eigenvalue weighted by molar-refractivity contribution is 6.06. The molecule has 17 nitrogen and oxygen atoms in total. The standard InChI is InChI=1S/C27H29N11O6/c1-17-11-36(27(44)34-25(17)42)14-21(41)35-9-7-28-20(40)13-37(10-8-29-19(39)12-35)38-16-32-22-23(30-15-31-24(22)38)33-26(43)18-5-3-2-4-6-18/h2-6,11,15-16H,7-10,12-14H2,1H3,(H,28,40)(H,29,39)(H,34,42,44)(H,30,31,33,43). The van der Waals surface area contributed by atoms with Crippen LogP contribution in [0.25, 0.3) is 11.2 Å². The third-order valence-corrected chi connectivity index (χ3v) is 6.79. The molecule has 1 fully saturated rings. The summed E-state index contributed by atoms with van der Waals surface area (Å²) in [5, 5.41) is 9.84. The maximum Gasteiger partial charge on any atom is 0.328 e. The second kappa shape index (κ2) is 13.0. The van der Waals surface area contributed by atoms with Crippen molar-refractivity contribution in [2.24, 2.45) is 0 Å². The average Bonchev–Trinajstić information content (AvgIpc) is 3.44. The third kappa shape index (κ3) is 6.77. The smallest absolute Gasteiger partial charge is 0.328 e. The van der Waals surface area contributed by atoms with Crippen LogP contribution < -0.4 is 32.2 Å². The number of benzene rings is 1. The van der Waals surface area contributed by atoms with Gasteiger partial charge in [-0.2, -0.15) is 0 Å². The Morgan fingerprint density at radius 1 is 0.932 bits per heavy atom. The number of carbonyl (C=O) groups excluding carboxylic acids is 4. The van der Waals surface area contributed by atoms with Gasteiger partial charge in [0, 0.05) is 37.0 Å². The molecule has 0 bridgehead atoms. The number of carbonyl (C=O) groups is 4. The zero-order valence-electron chi connectivity index (χ0n) is 23.6. The normalized spacial score (nSPS) is 14.8. The zero-order valence-corrected chi connectivity index (χ0v) is 23.6. The van der Waals surface area contributed by atoms with E-state index in [4.69, 9.17) is 0 Å². The molecule has 17 heteroatoms. The van der Waals surface area contributed by atoms with Gasteiger partial charge in [0.1, 0.15) is 25.7 Å². The van der Waals surface area contributed by atoms with E-state index < -0.39 is 29.6 Å². The van der Waals surface area contributed by atoms with Crippen molar-refractivity contribution in [3.05, 3.63) is 81.1 Å². The first kappa shape index (κ1) is 29.6. The fourth-order valence-electron chi connectivity index (χ4n) is 4.53. The van der Waals surface area contributed by atoms with Gasteiger partial charge in [-0.1, -0.05) is 18.2 Å². The van der Waals surface area contributed by atoms with Crippen molar-refractivity contribution >= 4 is 40.6 Å². The number of imidazole rings is 1. The minimum absolute atomic E-state index is 0.000776. The quantitative estimate of drug-likeness (QED) is 0.196. The fraction of sp³-hybridized carbons (Fsp3) is 0.296. The van der Waals surface area contributed by atoms with Crippen molar-refractivity contribution in [3.63, 3.8) is 0 Å². The van der Waals surface area contributed by atoms with Gasteiger partial charge in [0.2, 0.25) is 17.7 Å². The number of aromatic amines is 1. The minimum Gasteiger partial charge on any atom is -0.353 e. The van der Waals surface area contributed by atoms with E-state index in [-0.39, 0.29) is 62.5 Å². The van der Waals surface area contributed by atoms with Crippen molar-refractivity contribution < 1.29 is 19.2 Å². The highest BCUT2D eigenvalue weighted by Gasteiger charge is 2.22. The topological polar surface area (TPSA) is 209 Å². The molecule has 1 aromatic carbocycles. The van der Waals surface area contributed by atoms with Crippen molar-refractivity contribution in [1.29, 1.82) is 0 Å². The van der Waals surface area contributed by atoms with Gasteiger partial charge in [-0.15, -0.1) is 0 Å². The Hall–Kier alpha value is -5.87. The molecule has 4 amide bonds. The predicted molar refractivity (Wildman–Crippen MR) is 156 cm³/mol. The van der Waals surface area contributed by atoms with E-state index in [1.807, 2.05) is 0 Å². The lowest BCUT2D eigenvalue weighted by Gasteiger charge is -2.28. The summed E-state index contributed by atoms with van der Waals surface area (Å²) in [5.74, 6) is -1.54. The highest BCUT2D eigenvalue weighted by Crippen LogP contribution is 2.18. The second-order valence-corrected chi connectivity index (χ2v) is 9.91. The van der Waals surface area contributed by atoms with Crippen LogP contribution in [0.5, 0.6) is 0 Å². The van der Waals surface area contributed by atoms with E-state index in [1.165, 1.54) is 30.7 Å². The van der Waals surface area contributed by atoms with Crippen LogP contribution in [0.2, 0.25) is 0 Å². The van der Waals surface area contributed by atoms with Crippen LogP contribution in [-0.4, -0.2) is 97.0 Å². The Kier molecular flexibility index (Phi) is 8.73. The molecule has 0 radical (unpaired) electrons. The number of anilines is 1. The minimum atomic E-state index is -0.746. The summed E-state index contributed by atoms with van der Waals surface area (Å²) >= 11 is 0. The van der Waals surface area contributed by atoms with Crippen LogP contribution in [0.4, 0.5) is 5.82 Å². The van der Waals surface area contributed by atoms with Gasteiger partial charge < -0.3 is 20.9 Å². The molecule has 0 spiro atoms. The predicted octanol–water partition coefficient (Wildman–Crippen LogP) is -2.05. The Bertz CT molecular complexity index is 1830. The van der Waals surface area contributed by atoms with Gasteiger partial charge in [-0.05, 0) is 19.1 Å². The lowest BCUT2D eigenvalue weighted by atomic mass is 10.2. The van der Waals surface area contributed by atoms with Crippen LogP contribution in [0.3, 0.4) is 0 Å². The van der Waals surface area contributed by atoms with Gasteiger partial charge in [0.15, 0.2) is 17.0 Å². The number of aromatic nitrogens is 6. The monoisotopic (exact) mass is 603 g/mol. The Morgan fingerprint density at radius 3 is 2.43 bits per heavy atom. The van der Waals surface area contributed by atoms with Crippen LogP contribution in [0.15, 0.2) is 58.8 Å². The molecule has 0 saturated carbocycles. The summed E-state index contributed by atoms with van der Waals surface area (Å²) in [6.45, 7) is 0.970. The molecule has 228 valence electrons. The lowest BCUT2D eigenvalue weighted by molar-refractivity contribution is -0.136. The van der Waals surface area contributed by atoms with E-state index in [9.17, 15) is 28.8 Å². The summed E-state index contributed by atoms with van der Waals surface area (Å²) in [7, 11) is 0. The number of nitrogens with zero attached hydrogens (tertiary/aromatic N) is 7. The van der Waals surface area contributed by atoms with Crippen LogP contribution >= 0.6 is 0 Å². The van der Waals surface area contributed by atoms with Gasteiger partial charge in [0.05, 0.1) is 13.1 Å². The second-order valence-electron chi connectivity index (χ2n) is 9.91. The Morgan fingerprint density at radius 2 is 1.66 bits per heavy atom. The maximum atomic E-state index is 13.0. The molecule has 5 rings (SSSR count). The maximum absolute atomic E-state index is 13.0. The first-order chi connectivity index (χ1) is 21.2. The number of hydrogen-bond donors (Lipinski definition) is 4. The molecule has 0 atom stereocenters. The molecule has 0 aliphatic carbocycles. The molecule has 44 heavy (non-hydrogen) atoms. The first-order valence-electron chi connectivity index (χ1n) is 13.6. The largest absolute Gasteiger partial charge is 0.353 e. The summed E-state index contributed by atoms with van der Waals surface area (Å²) in [6, 6.07) is 8.62. The SMILES string of the molecule is Cc1cn(CC(=O)N2CCNC(=O)CN(n3cnc4c(NC(=O)c5ccccc5)ncnc43)CCNC(=O)C2)c(=O)[nH]c1=O.